The van der Waals surface area contributed by atoms with Gasteiger partial charge in [-0.15, -0.1) is 0 Å². The van der Waals surface area contributed by atoms with Gasteiger partial charge in [0, 0.05) is 6.54 Å². The largest absolute Gasteiger partial charge is 0.486 e. The van der Waals surface area contributed by atoms with Crippen LogP contribution in [0.15, 0.2) is 42.5 Å². The van der Waals surface area contributed by atoms with E-state index >= 15 is 0 Å². The molecule has 1 saturated heterocycles. The van der Waals surface area contributed by atoms with Gasteiger partial charge in [-0.1, -0.05) is 30.3 Å². The van der Waals surface area contributed by atoms with Crippen LogP contribution in [-0.4, -0.2) is 18.7 Å². The lowest BCUT2D eigenvalue weighted by Gasteiger charge is -2.34. The predicted octanol–water partition coefficient (Wildman–Crippen LogP) is 3.36. The van der Waals surface area contributed by atoms with E-state index in [4.69, 9.17) is 4.74 Å². The second kappa shape index (κ2) is 4.62. The van der Waals surface area contributed by atoms with Crippen LogP contribution in [0, 0.1) is 0 Å². The van der Waals surface area contributed by atoms with Gasteiger partial charge in [0.05, 0.1) is 0 Å². The van der Waals surface area contributed by atoms with Crippen LogP contribution < -0.4 is 10.1 Å². The molecular weight excluding hydrogens is 222 g/mol. The van der Waals surface area contributed by atoms with E-state index < -0.39 is 0 Å². The fourth-order valence-corrected chi connectivity index (χ4v) is 2.63. The van der Waals surface area contributed by atoms with Crippen LogP contribution in [0.5, 0.6) is 5.75 Å². The third-order valence-corrected chi connectivity index (χ3v) is 3.64. The zero-order valence-corrected chi connectivity index (χ0v) is 10.8. The Bertz CT molecular complexity index is 544. The molecule has 1 aliphatic rings. The van der Waals surface area contributed by atoms with E-state index in [1.165, 1.54) is 17.2 Å². The van der Waals surface area contributed by atoms with Gasteiger partial charge in [0.15, 0.2) is 0 Å². The molecule has 94 valence electrons. The maximum absolute atomic E-state index is 6.19. The molecule has 2 heteroatoms. The molecular formula is C16H19NO. The van der Waals surface area contributed by atoms with Gasteiger partial charge in [-0.25, -0.2) is 0 Å². The third-order valence-electron chi connectivity index (χ3n) is 3.64. The molecule has 1 N–H and O–H groups in total. The van der Waals surface area contributed by atoms with E-state index in [9.17, 15) is 0 Å². The summed E-state index contributed by atoms with van der Waals surface area (Å²) in [5, 5.41) is 5.91. The van der Waals surface area contributed by atoms with E-state index in [1.54, 1.807) is 0 Å². The summed E-state index contributed by atoms with van der Waals surface area (Å²) in [6.45, 7) is 4.23. The highest BCUT2D eigenvalue weighted by Crippen LogP contribution is 2.27. The molecule has 0 radical (unpaired) electrons. The van der Waals surface area contributed by atoms with Crippen LogP contribution in [0.1, 0.15) is 19.8 Å². The fourth-order valence-electron chi connectivity index (χ4n) is 2.63. The summed E-state index contributed by atoms with van der Waals surface area (Å²) in [5.74, 6) is 0.972. The van der Waals surface area contributed by atoms with E-state index in [0.717, 1.165) is 25.3 Å². The van der Waals surface area contributed by atoms with E-state index in [2.05, 4.69) is 54.7 Å². The summed E-state index contributed by atoms with van der Waals surface area (Å²) in [6, 6.07) is 14.7. The minimum Gasteiger partial charge on any atom is -0.486 e. The minimum absolute atomic E-state index is 0.0687. The van der Waals surface area contributed by atoms with Crippen molar-refractivity contribution < 1.29 is 4.74 Å². The lowest BCUT2D eigenvalue weighted by molar-refractivity contribution is 0.0616. The van der Waals surface area contributed by atoms with E-state index in [0.29, 0.717) is 0 Å². The highest BCUT2D eigenvalue weighted by atomic mass is 16.5. The van der Waals surface area contributed by atoms with Gasteiger partial charge in [0.1, 0.15) is 11.4 Å². The fraction of sp³-hybridized carbons (Fsp3) is 0.375. The topological polar surface area (TPSA) is 21.3 Å². The molecule has 0 aromatic heterocycles. The molecule has 1 unspecified atom stereocenters. The van der Waals surface area contributed by atoms with Crippen molar-refractivity contribution >= 4 is 10.8 Å². The Hall–Kier alpha value is -1.54. The van der Waals surface area contributed by atoms with E-state index in [-0.39, 0.29) is 5.60 Å². The van der Waals surface area contributed by atoms with Gasteiger partial charge in [0.2, 0.25) is 0 Å². The molecule has 2 aromatic carbocycles. The molecule has 2 nitrogen and oxygen atoms in total. The van der Waals surface area contributed by atoms with Crippen molar-refractivity contribution in [3.8, 4) is 5.75 Å². The smallest absolute Gasteiger partial charge is 0.120 e. The van der Waals surface area contributed by atoms with E-state index in [1.807, 2.05) is 0 Å². The second-order valence-corrected chi connectivity index (χ2v) is 5.34. The summed E-state index contributed by atoms with van der Waals surface area (Å²) >= 11 is 0. The van der Waals surface area contributed by atoms with Crippen molar-refractivity contribution in [1.29, 1.82) is 0 Å². The van der Waals surface area contributed by atoms with Crippen LogP contribution in [0.3, 0.4) is 0 Å². The molecule has 1 heterocycles. The first-order chi connectivity index (χ1) is 8.75. The third kappa shape index (κ3) is 2.34. The van der Waals surface area contributed by atoms with Crippen molar-refractivity contribution in [3.05, 3.63) is 42.5 Å². The molecule has 1 fully saturated rings. The van der Waals surface area contributed by atoms with Gasteiger partial charge in [-0.3, -0.25) is 0 Å². The van der Waals surface area contributed by atoms with Gasteiger partial charge < -0.3 is 10.1 Å². The second-order valence-electron chi connectivity index (χ2n) is 5.34. The minimum atomic E-state index is -0.0687. The van der Waals surface area contributed by atoms with Gasteiger partial charge in [0.25, 0.3) is 0 Å². The number of rotatable bonds is 2. The zero-order valence-electron chi connectivity index (χ0n) is 10.8. The Morgan fingerprint density at radius 3 is 2.72 bits per heavy atom. The van der Waals surface area contributed by atoms with Crippen molar-refractivity contribution in [2.45, 2.75) is 25.4 Å². The molecule has 1 atom stereocenters. The Kier molecular flexibility index (Phi) is 2.96. The number of fused-ring (bicyclic) bond motifs is 1. The van der Waals surface area contributed by atoms with Gasteiger partial charge >= 0.3 is 0 Å². The zero-order chi connectivity index (χ0) is 12.4. The van der Waals surface area contributed by atoms with Crippen molar-refractivity contribution in [3.63, 3.8) is 0 Å². The molecule has 0 bridgehead atoms. The van der Waals surface area contributed by atoms with Crippen LogP contribution in [-0.2, 0) is 0 Å². The van der Waals surface area contributed by atoms with Gasteiger partial charge in [-0.05, 0) is 49.2 Å². The Labute approximate surface area is 108 Å². The Balaban J connectivity index is 1.85. The number of piperidine rings is 1. The van der Waals surface area contributed by atoms with Crippen molar-refractivity contribution in [1.82, 2.24) is 5.32 Å². The molecule has 1 aliphatic heterocycles. The first-order valence-corrected chi connectivity index (χ1v) is 6.64. The average Bonchev–Trinajstić information content (AvgIpc) is 2.39. The standard InChI is InChI=1S/C16H19NO/c1-16(9-4-10-17-12-16)18-15-8-7-13-5-2-3-6-14(13)11-15/h2-3,5-8,11,17H,4,9-10,12H2,1H3. The highest BCUT2D eigenvalue weighted by molar-refractivity contribution is 5.83. The number of ether oxygens (including phenoxy) is 1. The SMILES string of the molecule is CC1(Oc2ccc3ccccc3c2)CCCNC1. The first kappa shape index (κ1) is 11.5. The summed E-state index contributed by atoms with van der Waals surface area (Å²) in [7, 11) is 0. The molecule has 0 amide bonds. The Morgan fingerprint density at radius 1 is 1.11 bits per heavy atom. The predicted molar refractivity (Wildman–Crippen MR) is 75.1 cm³/mol. The summed E-state index contributed by atoms with van der Waals surface area (Å²) in [5.41, 5.74) is -0.0687. The molecule has 0 saturated carbocycles. The maximum Gasteiger partial charge on any atom is 0.120 e. The molecule has 18 heavy (non-hydrogen) atoms. The Morgan fingerprint density at radius 2 is 1.94 bits per heavy atom. The maximum atomic E-state index is 6.19. The number of hydrogen-bond acceptors (Lipinski definition) is 2. The lowest BCUT2D eigenvalue weighted by Crippen LogP contribution is -2.47. The average molecular weight is 241 g/mol. The van der Waals surface area contributed by atoms with Crippen LogP contribution in [0.2, 0.25) is 0 Å². The summed E-state index contributed by atoms with van der Waals surface area (Å²) < 4.78 is 6.19. The number of benzene rings is 2. The number of hydrogen-bond donors (Lipinski definition) is 1. The highest BCUT2D eigenvalue weighted by Gasteiger charge is 2.28. The first-order valence-electron chi connectivity index (χ1n) is 6.64. The van der Waals surface area contributed by atoms with Crippen molar-refractivity contribution in [2.75, 3.05) is 13.1 Å². The number of nitrogens with one attached hydrogen (secondary N) is 1. The molecule has 3 rings (SSSR count). The monoisotopic (exact) mass is 241 g/mol. The summed E-state index contributed by atoms with van der Waals surface area (Å²) in [4.78, 5) is 0. The molecule has 0 aliphatic carbocycles. The van der Waals surface area contributed by atoms with Crippen LogP contribution in [0.25, 0.3) is 10.8 Å². The molecule has 0 spiro atoms. The normalized spacial score (nSPS) is 24.1. The van der Waals surface area contributed by atoms with Gasteiger partial charge in [-0.2, -0.15) is 0 Å². The lowest BCUT2D eigenvalue weighted by atomic mass is 9.96. The van der Waals surface area contributed by atoms with Crippen LogP contribution in [0.4, 0.5) is 0 Å². The van der Waals surface area contributed by atoms with Crippen LogP contribution >= 0.6 is 0 Å². The molecule has 2 aromatic rings. The quantitative estimate of drug-likeness (QED) is 0.870. The summed E-state index contributed by atoms with van der Waals surface area (Å²) in [6.07, 6.45) is 2.30. The van der Waals surface area contributed by atoms with Crippen molar-refractivity contribution in [2.24, 2.45) is 0 Å².